The highest BCUT2D eigenvalue weighted by Gasteiger charge is 2.14. The number of rotatable bonds is 3. The van der Waals surface area contributed by atoms with Crippen LogP contribution in [-0.2, 0) is 14.8 Å². The van der Waals surface area contributed by atoms with E-state index in [9.17, 15) is 13.2 Å². The topological polar surface area (TPSA) is 89.3 Å². The third-order valence-electron chi connectivity index (χ3n) is 2.13. The molecule has 17 heavy (non-hydrogen) atoms. The second-order valence-electron chi connectivity index (χ2n) is 3.40. The molecule has 0 saturated carbocycles. The van der Waals surface area contributed by atoms with Crippen molar-refractivity contribution in [2.24, 2.45) is 5.14 Å². The van der Waals surface area contributed by atoms with E-state index in [1.54, 1.807) is 13.0 Å². The molecule has 0 unspecified atom stereocenters. The number of hydrogen-bond acceptors (Lipinski definition) is 3. The lowest BCUT2D eigenvalue weighted by atomic mass is 10.2. The molecule has 0 radical (unpaired) electrons. The van der Waals surface area contributed by atoms with Crippen molar-refractivity contribution in [3.05, 3.63) is 23.8 Å². The summed E-state index contributed by atoms with van der Waals surface area (Å²) in [6, 6.07) is 4.46. The van der Waals surface area contributed by atoms with E-state index < -0.39 is 10.0 Å². The zero-order valence-electron chi connectivity index (χ0n) is 9.23. The van der Waals surface area contributed by atoms with Crippen molar-refractivity contribution in [1.82, 2.24) is 0 Å². The zero-order chi connectivity index (χ0) is 13.1. The van der Waals surface area contributed by atoms with Gasteiger partial charge in [-0.05, 0) is 24.6 Å². The van der Waals surface area contributed by atoms with Gasteiger partial charge in [0.2, 0.25) is 15.9 Å². The standard InChI is InChI=1S/C11H12N2O3S/c1-3-5-11(14)13-9-6-4-7-10(8(9)2)17(12,15)16/h1,4,6-7H,5H2,2H3,(H,13,14)(H2,12,15,16). The fraction of sp³-hybridized carbons (Fsp3) is 0.182. The summed E-state index contributed by atoms with van der Waals surface area (Å²) in [6.07, 6.45) is 4.92. The van der Waals surface area contributed by atoms with Crippen molar-refractivity contribution in [1.29, 1.82) is 0 Å². The van der Waals surface area contributed by atoms with Crippen LogP contribution in [0.5, 0.6) is 0 Å². The van der Waals surface area contributed by atoms with E-state index in [1.165, 1.54) is 12.1 Å². The van der Waals surface area contributed by atoms with Crippen LogP contribution in [0.2, 0.25) is 0 Å². The largest absolute Gasteiger partial charge is 0.325 e. The summed E-state index contributed by atoms with van der Waals surface area (Å²) < 4.78 is 22.5. The lowest BCUT2D eigenvalue weighted by Crippen LogP contribution is -2.16. The fourth-order valence-corrected chi connectivity index (χ4v) is 2.15. The summed E-state index contributed by atoms with van der Waals surface area (Å²) in [5.41, 5.74) is 0.775. The molecule has 0 bridgehead atoms. The molecule has 1 amide bonds. The van der Waals surface area contributed by atoms with Gasteiger partial charge in [-0.2, -0.15) is 0 Å². The Balaban J connectivity index is 3.13. The van der Waals surface area contributed by atoms with E-state index in [0.29, 0.717) is 11.3 Å². The van der Waals surface area contributed by atoms with Crippen LogP contribution in [-0.4, -0.2) is 14.3 Å². The highest BCUT2D eigenvalue weighted by atomic mass is 32.2. The van der Waals surface area contributed by atoms with Crippen molar-refractivity contribution < 1.29 is 13.2 Å². The number of sulfonamides is 1. The van der Waals surface area contributed by atoms with Crippen LogP contribution in [0.15, 0.2) is 23.1 Å². The molecule has 0 heterocycles. The van der Waals surface area contributed by atoms with E-state index >= 15 is 0 Å². The fourth-order valence-electron chi connectivity index (χ4n) is 1.35. The average molecular weight is 252 g/mol. The molecule has 0 saturated heterocycles. The van der Waals surface area contributed by atoms with Crippen LogP contribution in [0.25, 0.3) is 0 Å². The molecule has 90 valence electrons. The van der Waals surface area contributed by atoms with Gasteiger partial charge in [0.1, 0.15) is 0 Å². The van der Waals surface area contributed by atoms with Gasteiger partial charge in [0.05, 0.1) is 11.3 Å². The van der Waals surface area contributed by atoms with Crippen LogP contribution in [0.3, 0.4) is 0 Å². The Morgan fingerprint density at radius 2 is 2.18 bits per heavy atom. The summed E-state index contributed by atoms with van der Waals surface area (Å²) in [7, 11) is -3.80. The Hall–Kier alpha value is -1.84. The van der Waals surface area contributed by atoms with Gasteiger partial charge in [-0.3, -0.25) is 4.79 Å². The zero-order valence-corrected chi connectivity index (χ0v) is 10.0. The second kappa shape index (κ2) is 4.99. The highest BCUT2D eigenvalue weighted by molar-refractivity contribution is 7.89. The number of hydrogen-bond donors (Lipinski definition) is 2. The van der Waals surface area contributed by atoms with Crippen molar-refractivity contribution in [2.75, 3.05) is 5.32 Å². The van der Waals surface area contributed by atoms with Crippen LogP contribution in [0, 0.1) is 19.3 Å². The highest BCUT2D eigenvalue weighted by Crippen LogP contribution is 2.21. The summed E-state index contributed by atoms with van der Waals surface area (Å²) in [6.45, 7) is 1.56. The Kier molecular flexibility index (Phi) is 3.89. The van der Waals surface area contributed by atoms with Gasteiger partial charge in [-0.25, -0.2) is 13.6 Å². The predicted molar refractivity (Wildman–Crippen MR) is 64.6 cm³/mol. The minimum atomic E-state index is -3.80. The number of primary sulfonamides is 1. The lowest BCUT2D eigenvalue weighted by Gasteiger charge is -2.10. The number of carbonyl (C=O) groups excluding carboxylic acids is 1. The first-order valence-corrected chi connectivity index (χ1v) is 6.26. The molecule has 0 aromatic heterocycles. The summed E-state index contributed by atoms with van der Waals surface area (Å²) in [4.78, 5) is 11.3. The van der Waals surface area contributed by atoms with Gasteiger partial charge >= 0.3 is 0 Å². The van der Waals surface area contributed by atoms with E-state index in [-0.39, 0.29) is 17.2 Å². The van der Waals surface area contributed by atoms with Gasteiger partial charge in [0, 0.05) is 5.69 Å². The third kappa shape index (κ3) is 3.31. The Morgan fingerprint density at radius 1 is 1.53 bits per heavy atom. The van der Waals surface area contributed by atoms with Crippen LogP contribution < -0.4 is 10.5 Å². The summed E-state index contributed by atoms with van der Waals surface area (Å²) >= 11 is 0. The molecule has 0 aliphatic carbocycles. The maximum absolute atomic E-state index is 11.3. The van der Waals surface area contributed by atoms with Gasteiger partial charge in [-0.15, -0.1) is 6.42 Å². The number of nitrogens with one attached hydrogen (secondary N) is 1. The number of carbonyl (C=O) groups is 1. The molecule has 5 nitrogen and oxygen atoms in total. The maximum atomic E-state index is 11.3. The van der Waals surface area contributed by atoms with Crippen molar-refractivity contribution in [3.8, 4) is 12.3 Å². The summed E-state index contributed by atoms with van der Waals surface area (Å²) in [5.74, 6) is 1.82. The molecule has 3 N–H and O–H groups in total. The number of terminal acetylenes is 1. The Labute approximate surface area is 100 Å². The van der Waals surface area contributed by atoms with E-state index in [2.05, 4.69) is 11.2 Å². The molecule has 0 aliphatic rings. The van der Waals surface area contributed by atoms with Gasteiger partial charge in [0.25, 0.3) is 0 Å². The molecule has 6 heteroatoms. The first-order chi connectivity index (χ1) is 7.86. The van der Waals surface area contributed by atoms with Crippen LogP contribution in [0.4, 0.5) is 5.69 Å². The predicted octanol–water partition coefficient (Wildman–Crippen LogP) is 0.604. The Morgan fingerprint density at radius 3 is 2.71 bits per heavy atom. The Bertz CT molecular complexity index is 585. The van der Waals surface area contributed by atoms with Crippen molar-refractivity contribution in [2.45, 2.75) is 18.2 Å². The number of nitrogens with two attached hydrogens (primary N) is 1. The van der Waals surface area contributed by atoms with Crippen molar-refractivity contribution in [3.63, 3.8) is 0 Å². The molecule has 0 spiro atoms. The van der Waals surface area contributed by atoms with Gasteiger partial charge in [-0.1, -0.05) is 12.0 Å². The molecule has 0 atom stereocenters. The minimum absolute atomic E-state index is 0.0176. The van der Waals surface area contributed by atoms with E-state index in [4.69, 9.17) is 11.6 Å². The number of benzene rings is 1. The SMILES string of the molecule is C#CCC(=O)Nc1cccc(S(N)(=O)=O)c1C. The van der Waals surface area contributed by atoms with Crippen LogP contribution >= 0.6 is 0 Å². The third-order valence-corrected chi connectivity index (χ3v) is 3.18. The smallest absolute Gasteiger partial charge is 0.238 e. The molecular weight excluding hydrogens is 240 g/mol. The number of anilines is 1. The van der Waals surface area contributed by atoms with Crippen LogP contribution in [0.1, 0.15) is 12.0 Å². The maximum Gasteiger partial charge on any atom is 0.238 e. The van der Waals surface area contributed by atoms with Gasteiger partial charge in [0.15, 0.2) is 0 Å². The first kappa shape index (κ1) is 13.2. The minimum Gasteiger partial charge on any atom is -0.325 e. The number of amides is 1. The molecule has 1 aromatic rings. The summed E-state index contributed by atoms with van der Waals surface area (Å²) in [5, 5.41) is 7.57. The molecule has 1 aromatic carbocycles. The second-order valence-corrected chi connectivity index (χ2v) is 4.93. The molecular formula is C11H12N2O3S. The average Bonchev–Trinajstić information content (AvgIpc) is 2.19. The molecule has 0 aliphatic heterocycles. The normalized spacial score (nSPS) is 10.6. The van der Waals surface area contributed by atoms with Crippen molar-refractivity contribution >= 4 is 21.6 Å². The van der Waals surface area contributed by atoms with Gasteiger partial charge < -0.3 is 5.32 Å². The molecule has 1 rings (SSSR count). The van der Waals surface area contributed by atoms with E-state index in [0.717, 1.165) is 0 Å². The quantitative estimate of drug-likeness (QED) is 0.772. The molecule has 0 fully saturated rings. The first-order valence-electron chi connectivity index (χ1n) is 4.72. The van der Waals surface area contributed by atoms with E-state index in [1.807, 2.05) is 0 Å². The lowest BCUT2D eigenvalue weighted by molar-refractivity contribution is -0.115. The monoisotopic (exact) mass is 252 g/mol.